The summed E-state index contributed by atoms with van der Waals surface area (Å²) in [6.45, 7) is 4.92. The van der Waals surface area contributed by atoms with Crippen LogP contribution in [0.15, 0.2) is 24.3 Å². The Balaban J connectivity index is 2.11. The second-order valence-corrected chi connectivity index (χ2v) is 4.93. The quantitative estimate of drug-likeness (QED) is 0.883. The van der Waals surface area contributed by atoms with Crippen LogP contribution >= 0.6 is 0 Å². The van der Waals surface area contributed by atoms with E-state index in [1.165, 1.54) is 0 Å². The summed E-state index contributed by atoms with van der Waals surface area (Å²) in [5.41, 5.74) is 0.910. The molecule has 1 aromatic carbocycles. The fraction of sp³-hybridized carbons (Fsp3) is 0.500. The molecule has 0 aromatic heterocycles. The lowest BCUT2D eigenvalue weighted by Gasteiger charge is -2.19. The third-order valence-electron chi connectivity index (χ3n) is 3.06. The Bertz CT molecular complexity index is 432. The van der Waals surface area contributed by atoms with Crippen molar-refractivity contribution in [1.29, 1.82) is 0 Å². The SMILES string of the molecule is COc1cccc(N2CC(NC(C)C)CC2=O)c1. The van der Waals surface area contributed by atoms with E-state index in [1.807, 2.05) is 29.2 Å². The van der Waals surface area contributed by atoms with E-state index in [0.29, 0.717) is 12.5 Å². The van der Waals surface area contributed by atoms with Gasteiger partial charge in [0.05, 0.1) is 7.11 Å². The smallest absolute Gasteiger partial charge is 0.228 e. The van der Waals surface area contributed by atoms with Crippen LogP contribution in [0.5, 0.6) is 5.75 Å². The number of benzene rings is 1. The van der Waals surface area contributed by atoms with Gasteiger partial charge in [-0.2, -0.15) is 0 Å². The van der Waals surface area contributed by atoms with Crippen LogP contribution in [0.25, 0.3) is 0 Å². The Morgan fingerprint density at radius 3 is 2.89 bits per heavy atom. The minimum absolute atomic E-state index is 0.168. The number of hydrogen-bond acceptors (Lipinski definition) is 3. The number of amides is 1. The molecule has 1 fully saturated rings. The standard InChI is InChI=1S/C14H20N2O2/c1-10(2)15-11-7-14(17)16(9-11)12-5-4-6-13(8-12)18-3/h4-6,8,10-11,15H,7,9H2,1-3H3. The third-order valence-corrected chi connectivity index (χ3v) is 3.06. The molecule has 0 saturated carbocycles. The molecule has 1 aliphatic heterocycles. The summed E-state index contributed by atoms with van der Waals surface area (Å²) in [7, 11) is 1.63. The molecule has 4 nitrogen and oxygen atoms in total. The van der Waals surface area contributed by atoms with Crippen molar-refractivity contribution in [3.8, 4) is 5.75 Å². The fourth-order valence-electron chi connectivity index (χ4n) is 2.32. The molecule has 98 valence electrons. The van der Waals surface area contributed by atoms with Gasteiger partial charge in [0.15, 0.2) is 0 Å². The van der Waals surface area contributed by atoms with Gasteiger partial charge in [-0.1, -0.05) is 19.9 Å². The highest BCUT2D eigenvalue weighted by Gasteiger charge is 2.30. The van der Waals surface area contributed by atoms with Crippen molar-refractivity contribution >= 4 is 11.6 Å². The first-order chi connectivity index (χ1) is 8.60. The molecule has 2 rings (SSSR count). The molecule has 1 amide bonds. The fourth-order valence-corrected chi connectivity index (χ4v) is 2.32. The maximum absolute atomic E-state index is 12.0. The zero-order chi connectivity index (χ0) is 13.1. The predicted molar refractivity (Wildman–Crippen MR) is 72.0 cm³/mol. The van der Waals surface area contributed by atoms with Gasteiger partial charge in [-0.25, -0.2) is 0 Å². The first kappa shape index (κ1) is 12.9. The van der Waals surface area contributed by atoms with Gasteiger partial charge in [0.1, 0.15) is 5.75 Å². The Morgan fingerprint density at radius 1 is 1.44 bits per heavy atom. The summed E-state index contributed by atoms with van der Waals surface area (Å²) in [4.78, 5) is 13.8. The van der Waals surface area contributed by atoms with Crippen molar-refractivity contribution in [3.63, 3.8) is 0 Å². The van der Waals surface area contributed by atoms with Gasteiger partial charge in [-0.15, -0.1) is 0 Å². The second-order valence-electron chi connectivity index (χ2n) is 4.93. The van der Waals surface area contributed by atoms with Crippen LogP contribution < -0.4 is 15.0 Å². The van der Waals surface area contributed by atoms with E-state index in [0.717, 1.165) is 18.0 Å². The van der Waals surface area contributed by atoms with Crippen molar-refractivity contribution in [2.24, 2.45) is 0 Å². The summed E-state index contributed by atoms with van der Waals surface area (Å²) in [6, 6.07) is 8.27. The number of carbonyl (C=O) groups excluding carboxylic acids is 1. The number of carbonyl (C=O) groups is 1. The Morgan fingerprint density at radius 2 is 2.22 bits per heavy atom. The first-order valence-corrected chi connectivity index (χ1v) is 6.30. The van der Waals surface area contributed by atoms with Crippen LogP contribution in [0.2, 0.25) is 0 Å². The van der Waals surface area contributed by atoms with E-state index in [2.05, 4.69) is 19.2 Å². The van der Waals surface area contributed by atoms with Crippen molar-refractivity contribution in [3.05, 3.63) is 24.3 Å². The zero-order valence-electron chi connectivity index (χ0n) is 11.1. The summed E-state index contributed by atoms with van der Waals surface area (Å²) in [6.07, 6.45) is 0.565. The highest BCUT2D eigenvalue weighted by Crippen LogP contribution is 2.25. The van der Waals surface area contributed by atoms with E-state index >= 15 is 0 Å². The molecule has 0 radical (unpaired) electrons. The monoisotopic (exact) mass is 248 g/mol. The molecule has 0 aliphatic carbocycles. The van der Waals surface area contributed by atoms with E-state index in [1.54, 1.807) is 7.11 Å². The lowest BCUT2D eigenvalue weighted by atomic mass is 10.2. The third kappa shape index (κ3) is 2.82. The summed E-state index contributed by atoms with van der Waals surface area (Å²) in [5.74, 6) is 0.946. The molecule has 1 heterocycles. The molecule has 1 atom stereocenters. The van der Waals surface area contributed by atoms with Crippen LogP contribution in [-0.2, 0) is 4.79 Å². The molecule has 1 aromatic rings. The maximum atomic E-state index is 12.0. The highest BCUT2D eigenvalue weighted by molar-refractivity contribution is 5.96. The summed E-state index contributed by atoms with van der Waals surface area (Å²) in [5, 5.41) is 3.41. The van der Waals surface area contributed by atoms with E-state index in [9.17, 15) is 4.79 Å². The van der Waals surface area contributed by atoms with Gasteiger partial charge < -0.3 is 15.0 Å². The van der Waals surface area contributed by atoms with Gasteiger partial charge in [-0.3, -0.25) is 4.79 Å². The van der Waals surface area contributed by atoms with Crippen molar-refractivity contribution < 1.29 is 9.53 Å². The molecule has 0 bridgehead atoms. The normalized spacial score (nSPS) is 19.7. The Hall–Kier alpha value is -1.55. The second kappa shape index (κ2) is 5.40. The number of nitrogens with zero attached hydrogens (tertiary/aromatic N) is 1. The van der Waals surface area contributed by atoms with E-state index in [4.69, 9.17) is 4.74 Å². The van der Waals surface area contributed by atoms with Crippen LogP contribution in [-0.4, -0.2) is 31.6 Å². The first-order valence-electron chi connectivity index (χ1n) is 6.30. The zero-order valence-corrected chi connectivity index (χ0v) is 11.1. The molecule has 4 heteroatoms. The van der Waals surface area contributed by atoms with Crippen molar-refractivity contribution in [2.45, 2.75) is 32.4 Å². The van der Waals surface area contributed by atoms with Gasteiger partial charge in [-0.05, 0) is 12.1 Å². The topological polar surface area (TPSA) is 41.6 Å². The summed E-state index contributed by atoms with van der Waals surface area (Å²) >= 11 is 0. The largest absolute Gasteiger partial charge is 0.497 e. The molecule has 1 aliphatic rings. The number of anilines is 1. The van der Waals surface area contributed by atoms with Crippen LogP contribution in [0.4, 0.5) is 5.69 Å². The van der Waals surface area contributed by atoms with Crippen molar-refractivity contribution in [2.75, 3.05) is 18.6 Å². The lowest BCUT2D eigenvalue weighted by Crippen LogP contribution is -2.37. The molecule has 0 spiro atoms. The maximum Gasteiger partial charge on any atom is 0.228 e. The van der Waals surface area contributed by atoms with Crippen LogP contribution in [0.3, 0.4) is 0 Å². The van der Waals surface area contributed by atoms with E-state index in [-0.39, 0.29) is 11.9 Å². The number of nitrogens with one attached hydrogen (secondary N) is 1. The van der Waals surface area contributed by atoms with Gasteiger partial charge in [0.25, 0.3) is 0 Å². The molecule has 1 N–H and O–H groups in total. The van der Waals surface area contributed by atoms with Crippen molar-refractivity contribution in [1.82, 2.24) is 5.32 Å². The molecular weight excluding hydrogens is 228 g/mol. The minimum Gasteiger partial charge on any atom is -0.497 e. The van der Waals surface area contributed by atoms with Gasteiger partial charge >= 0.3 is 0 Å². The molecule has 1 unspecified atom stereocenters. The van der Waals surface area contributed by atoms with E-state index < -0.39 is 0 Å². The van der Waals surface area contributed by atoms with Crippen LogP contribution in [0, 0.1) is 0 Å². The number of hydrogen-bond donors (Lipinski definition) is 1. The van der Waals surface area contributed by atoms with Crippen LogP contribution in [0.1, 0.15) is 20.3 Å². The Labute approximate surface area is 108 Å². The average Bonchev–Trinajstić information content (AvgIpc) is 2.69. The molecular formula is C14H20N2O2. The molecule has 1 saturated heterocycles. The lowest BCUT2D eigenvalue weighted by molar-refractivity contribution is -0.117. The summed E-state index contributed by atoms with van der Waals surface area (Å²) < 4.78 is 5.19. The van der Waals surface area contributed by atoms with Gasteiger partial charge in [0.2, 0.25) is 5.91 Å². The predicted octanol–water partition coefficient (Wildman–Crippen LogP) is 1.80. The average molecular weight is 248 g/mol. The van der Waals surface area contributed by atoms with Gasteiger partial charge in [0, 0.05) is 36.8 Å². The number of ether oxygens (including phenoxy) is 1. The highest BCUT2D eigenvalue weighted by atomic mass is 16.5. The molecule has 18 heavy (non-hydrogen) atoms. The number of methoxy groups -OCH3 is 1. The number of rotatable bonds is 4. The minimum atomic E-state index is 0.168. The Kier molecular flexibility index (Phi) is 3.87.